The highest BCUT2D eigenvalue weighted by Crippen LogP contribution is 2.33. The lowest BCUT2D eigenvalue weighted by molar-refractivity contribution is -0.122. The van der Waals surface area contributed by atoms with Crippen LogP contribution in [0.25, 0.3) is 33.3 Å². The van der Waals surface area contributed by atoms with Crippen molar-refractivity contribution in [1.82, 2.24) is 24.8 Å². The standard InChI is InChI=1S/C31H33N5O4/c1-3-22(37)12-5-4-6-15-26(34-29(38)19-36-20-33-25-14-9-10-16-27(25)36)31-32-18-28(40-31)23-17-21-11-7-8-13-24(21)35-30(23)39-2/h7-11,13-14,16-18,20,26H,3-6,12,15,19H2,1-2H3,(H,34,38)/t26-/m0/s1. The van der Waals surface area contributed by atoms with Gasteiger partial charge in [-0.05, 0) is 37.1 Å². The number of para-hydroxylation sites is 3. The molecule has 9 heteroatoms. The summed E-state index contributed by atoms with van der Waals surface area (Å²) < 4.78 is 13.6. The first kappa shape index (κ1) is 27.1. The lowest BCUT2D eigenvalue weighted by Crippen LogP contribution is -2.31. The summed E-state index contributed by atoms with van der Waals surface area (Å²) in [5, 5.41) is 4.07. The number of Topliss-reactive ketones (excluding diaryl/α,β-unsaturated/α-hetero) is 1. The molecule has 3 heterocycles. The number of methoxy groups -OCH3 is 1. The number of amides is 1. The number of hydrogen-bond acceptors (Lipinski definition) is 7. The Balaban J connectivity index is 1.35. The molecule has 0 aliphatic carbocycles. The van der Waals surface area contributed by atoms with Crippen LogP contribution in [0.3, 0.4) is 0 Å². The maximum atomic E-state index is 13.2. The highest BCUT2D eigenvalue weighted by molar-refractivity contribution is 5.85. The normalized spacial score (nSPS) is 12.1. The molecule has 0 saturated carbocycles. The number of unbranched alkanes of at least 4 members (excludes halogenated alkanes) is 2. The van der Waals surface area contributed by atoms with Gasteiger partial charge in [0, 0.05) is 18.2 Å². The Kier molecular flexibility index (Phi) is 8.49. The summed E-state index contributed by atoms with van der Waals surface area (Å²) in [4.78, 5) is 38.4. The summed E-state index contributed by atoms with van der Waals surface area (Å²) >= 11 is 0. The average molecular weight is 540 g/mol. The van der Waals surface area contributed by atoms with Crippen LogP contribution in [-0.4, -0.2) is 38.3 Å². The number of pyridine rings is 1. The second-order valence-electron chi connectivity index (χ2n) is 9.77. The number of oxazole rings is 1. The molecule has 1 atom stereocenters. The number of carbonyl (C=O) groups excluding carboxylic acids is 2. The molecule has 206 valence electrons. The first-order valence-corrected chi connectivity index (χ1v) is 13.7. The molecule has 0 unspecified atom stereocenters. The van der Waals surface area contributed by atoms with Crippen LogP contribution in [0.1, 0.15) is 57.4 Å². The van der Waals surface area contributed by atoms with Gasteiger partial charge in [-0.15, -0.1) is 0 Å². The molecule has 0 bridgehead atoms. The van der Waals surface area contributed by atoms with Gasteiger partial charge in [0.2, 0.25) is 17.7 Å². The van der Waals surface area contributed by atoms with E-state index in [0.29, 0.717) is 42.4 Å². The molecular weight excluding hydrogens is 506 g/mol. The molecule has 0 fully saturated rings. The molecule has 9 nitrogen and oxygen atoms in total. The zero-order chi connectivity index (χ0) is 27.9. The van der Waals surface area contributed by atoms with Gasteiger partial charge >= 0.3 is 0 Å². The first-order valence-electron chi connectivity index (χ1n) is 13.7. The van der Waals surface area contributed by atoms with Gasteiger partial charge in [0.15, 0.2) is 5.76 Å². The number of imidazole rings is 1. The van der Waals surface area contributed by atoms with Gasteiger partial charge in [-0.25, -0.2) is 15.0 Å². The molecule has 1 N–H and O–H groups in total. The Bertz CT molecular complexity index is 1620. The monoisotopic (exact) mass is 539 g/mol. The van der Waals surface area contributed by atoms with Crippen LogP contribution in [-0.2, 0) is 16.1 Å². The van der Waals surface area contributed by atoms with E-state index in [1.807, 2.05) is 66.1 Å². The van der Waals surface area contributed by atoms with E-state index in [-0.39, 0.29) is 18.2 Å². The van der Waals surface area contributed by atoms with Crippen LogP contribution < -0.4 is 10.1 Å². The fourth-order valence-corrected chi connectivity index (χ4v) is 4.82. The Morgan fingerprint density at radius 2 is 1.82 bits per heavy atom. The van der Waals surface area contributed by atoms with E-state index >= 15 is 0 Å². The van der Waals surface area contributed by atoms with Gasteiger partial charge in [0.1, 0.15) is 18.4 Å². The van der Waals surface area contributed by atoms with Gasteiger partial charge < -0.3 is 19.0 Å². The average Bonchev–Trinajstić information content (AvgIpc) is 3.63. The third kappa shape index (κ3) is 6.20. The number of carbonyl (C=O) groups is 2. The predicted molar refractivity (Wildman–Crippen MR) is 153 cm³/mol. The summed E-state index contributed by atoms with van der Waals surface area (Å²) in [6.07, 6.45) is 7.61. The molecule has 5 rings (SSSR count). The summed E-state index contributed by atoms with van der Waals surface area (Å²) in [6.45, 7) is 2.01. The summed E-state index contributed by atoms with van der Waals surface area (Å²) in [6, 6.07) is 17.0. The highest BCUT2D eigenvalue weighted by Gasteiger charge is 2.22. The highest BCUT2D eigenvalue weighted by atomic mass is 16.5. The smallest absolute Gasteiger partial charge is 0.240 e. The van der Waals surface area contributed by atoms with Crippen molar-refractivity contribution >= 4 is 33.6 Å². The molecule has 0 aliphatic rings. The number of nitrogens with one attached hydrogen (secondary N) is 1. The van der Waals surface area contributed by atoms with Gasteiger partial charge in [0.05, 0.1) is 41.7 Å². The van der Waals surface area contributed by atoms with E-state index in [4.69, 9.17) is 9.15 Å². The number of ketones is 1. The van der Waals surface area contributed by atoms with Crippen molar-refractivity contribution in [3.8, 4) is 17.2 Å². The van der Waals surface area contributed by atoms with Crippen molar-refractivity contribution in [3.63, 3.8) is 0 Å². The minimum absolute atomic E-state index is 0.123. The van der Waals surface area contributed by atoms with Crippen molar-refractivity contribution in [1.29, 1.82) is 0 Å². The number of ether oxygens (including phenoxy) is 1. The number of hydrogen-bond donors (Lipinski definition) is 1. The SMILES string of the molecule is CCC(=O)CCCCC[C@H](NC(=O)Cn1cnc2ccccc21)c1ncc(-c2cc3ccccc3nc2OC)o1. The third-order valence-corrected chi connectivity index (χ3v) is 6.99. The molecule has 2 aromatic carbocycles. The summed E-state index contributed by atoms with van der Waals surface area (Å²) in [5.41, 5.74) is 3.24. The lowest BCUT2D eigenvalue weighted by Gasteiger charge is -2.16. The second-order valence-corrected chi connectivity index (χ2v) is 9.77. The Morgan fingerprint density at radius 1 is 1.02 bits per heavy atom. The van der Waals surface area contributed by atoms with Crippen molar-refractivity contribution in [3.05, 3.63) is 73.0 Å². The molecule has 0 saturated heterocycles. The fraction of sp³-hybridized carbons (Fsp3) is 0.323. The zero-order valence-corrected chi connectivity index (χ0v) is 22.8. The van der Waals surface area contributed by atoms with Crippen molar-refractivity contribution in [2.24, 2.45) is 0 Å². The molecule has 1 amide bonds. The van der Waals surface area contributed by atoms with E-state index < -0.39 is 6.04 Å². The fourth-order valence-electron chi connectivity index (χ4n) is 4.82. The van der Waals surface area contributed by atoms with E-state index in [9.17, 15) is 9.59 Å². The third-order valence-electron chi connectivity index (χ3n) is 6.99. The van der Waals surface area contributed by atoms with E-state index in [1.54, 1.807) is 19.6 Å². The second kappa shape index (κ2) is 12.5. The Hall–Kier alpha value is -4.53. The molecular formula is C31H33N5O4. The maximum Gasteiger partial charge on any atom is 0.240 e. The minimum Gasteiger partial charge on any atom is -0.480 e. The summed E-state index contributed by atoms with van der Waals surface area (Å²) in [7, 11) is 1.57. The first-order chi connectivity index (χ1) is 19.6. The van der Waals surface area contributed by atoms with Gasteiger partial charge in [-0.2, -0.15) is 0 Å². The van der Waals surface area contributed by atoms with Gasteiger partial charge in [-0.3, -0.25) is 9.59 Å². The Morgan fingerprint density at radius 3 is 2.65 bits per heavy atom. The minimum atomic E-state index is -0.433. The molecule has 0 spiro atoms. The molecule has 40 heavy (non-hydrogen) atoms. The number of aromatic nitrogens is 4. The van der Waals surface area contributed by atoms with Crippen molar-refractivity contribution < 1.29 is 18.7 Å². The quantitative estimate of drug-likeness (QED) is 0.182. The van der Waals surface area contributed by atoms with Crippen LogP contribution in [0.5, 0.6) is 5.88 Å². The molecule has 3 aromatic heterocycles. The Labute approximate surface area is 232 Å². The summed E-state index contributed by atoms with van der Waals surface area (Å²) in [5.74, 6) is 1.47. The van der Waals surface area contributed by atoms with Crippen molar-refractivity contribution in [2.75, 3.05) is 7.11 Å². The lowest BCUT2D eigenvalue weighted by atomic mass is 10.0. The number of benzene rings is 2. The van der Waals surface area contributed by atoms with Crippen LogP contribution in [0.2, 0.25) is 0 Å². The number of rotatable bonds is 13. The largest absolute Gasteiger partial charge is 0.480 e. The van der Waals surface area contributed by atoms with E-state index in [0.717, 1.165) is 41.2 Å². The van der Waals surface area contributed by atoms with Crippen LogP contribution in [0.4, 0.5) is 0 Å². The van der Waals surface area contributed by atoms with E-state index in [1.165, 1.54) is 0 Å². The topological polar surface area (TPSA) is 112 Å². The van der Waals surface area contributed by atoms with Gasteiger partial charge in [-0.1, -0.05) is 50.1 Å². The molecule has 5 aromatic rings. The zero-order valence-electron chi connectivity index (χ0n) is 22.8. The van der Waals surface area contributed by atoms with E-state index in [2.05, 4.69) is 20.3 Å². The van der Waals surface area contributed by atoms with Crippen LogP contribution in [0.15, 0.2) is 71.5 Å². The van der Waals surface area contributed by atoms with Crippen molar-refractivity contribution in [2.45, 2.75) is 58.0 Å². The number of fused-ring (bicyclic) bond motifs is 2. The maximum absolute atomic E-state index is 13.2. The van der Waals surface area contributed by atoms with Crippen LogP contribution in [0, 0.1) is 0 Å². The van der Waals surface area contributed by atoms with Gasteiger partial charge in [0.25, 0.3) is 0 Å². The molecule has 0 radical (unpaired) electrons. The van der Waals surface area contributed by atoms with Crippen LogP contribution >= 0.6 is 0 Å². The molecule has 0 aliphatic heterocycles. The number of nitrogens with zero attached hydrogens (tertiary/aromatic N) is 4. The predicted octanol–water partition coefficient (Wildman–Crippen LogP) is 6.04.